The van der Waals surface area contributed by atoms with Crippen molar-refractivity contribution in [1.82, 2.24) is 10.2 Å². The zero-order chi connectivity index (χ0) is 15.7. The third-order valence-corrected chi connectivity index (χ3v) is 4.88. The van der Waals surface area contributed by atoms with Gasteiger partial charge in [0, 0.05) is 31.6 Å². The topological polar surface area (TPSA) is 44.4 Å². The van der Waals surface area contributed by atoms with Crippen LogP contribution in [0, 0.1) is 12.8 Å². The van der Waals surface area contributed by atoms with Crippen LogP contribution < -0.4 is 10.6 Å². The van der Waals surface area contributed by atoms with Crippen LogP contribution in [0.15, 0.2) is 18.2 Å². The van der Waals surface area contributed by atoms with E-state index < -0.39 is 0 Å². The largest absolute Gasteiger partial charge is 0.362 e. The predicted octanol–water partition coefficient (Wildman–Crippen LogP) is 2.99. The van der Waals surface area contributed by atoms with Crippen molar-refractivity contribution in [3.8, 4) is 0 Å². The van der Waals surface area contributed by atoms with E-state index >= 15 is 0 Å². The summed E-state index contributed by atoms with van der Waals surface area (Å²) in [5, 5.41) is 6.82. The molecule has 0 unspecified atom stereocenters. The molecule has 1 spiro atoms. The first-order chi connectivity index (χ1) is 10.5. The van der Waals surface area contributed by atoms with Gasteiger partial charge in [-0.25, -0.2) is 0 Å². The van der Waals surface area contributed by atoms with Crippen molar-refractivity contribution in [3.63, 3.8) is 0 Å². The van der Waals surface area contributed by atoms with Gasteiger partial charge in [0.15, 0.2) is 0 Å². The molecule has 4 heteroatoms. The average molecular weight is 301 g/mol. The molecule has 0 atom stereocenters. The van der Waals surface area contributed by atoms with Crippen LogP contribution in [-0.4, -0.2) is 36.1 Å². The second kappa shape index (κ2) is 5.92. The summed E-state index contributed by atoms with van der Waals surface area (Å²) in [7, 11) is 0. The highest BCUT2D eigenvalue weighted by Gasteiger charge is 2.39. The summed E-state index contributed by atoms with van der Waals surface area (Å²) in [5.74, 6) is 0.812. The van der Waals surface area contributed by atoms with Crippen molar-refractivity contribution in [1.29, 1.82) is 0 Å². The summed E-state index contributed by atoms with van der Waals surface area (Å²) >= 11 is 0. The molecular weight excluding hydrogens is 274 g/mol. The number of nitrogens with zero attached hydrogens (tertiary/aromatic N) is 1. The lowest BCUT2D eigenvalue weighted by Crippen LogP contribution is -2.62. The van der Waals surface area contributed by atoms with Crippen LogP contribution in [0.3, 0.4) is 0 Å². The molecule has 22 heavy (non-hydrogen) atoms. The highest BCUT2D eigenvalue weighted by molar-refractivity contribution is 6.02. The Balaban J connectivity index is 1.67. The fraction of sp³-hybridized carbons (Fsp3) is 0.611. The molecule has 1 aromatic carbocycles. The number of nitrogens with one attached hydrogen (secondary N) is 2. The first kappa shape index (κ1) is 15.3. The smallest absolute Gasteiger partial charge is 0.255 e. The lowest BCUT2D eigenvalue weighted by Gasteiger charge is -2.46. The fourth-order valence-corrected chi connectivity index (χ4v) is 3.38. The molecule has 0 aliphatic carbocycles. The summed E-state index contributed by atoms with van der Waals surface area (Å²) in [6.07, 6.45) is 3.17. The zero-order valence-electron chi connectivity index (χ0n) is 13.9. The lowest BCUT2D eigenvalue weighted by atomic mass is 9.91. The number of carbonyl (C=O) groups excluding carboxylic acids is 1. The Morgan fingerprint density at radius 1 is 1.23 bits per heavy atom. The van der Waals surface area contributed by atoms with Crippen LogP contribution in [0.1, 0.15) is 49.0 Å². The molecule has 2 aliphatic heterocycles. The molecule has 120 valence electrons. The van der Waals surface area contributed by atoms with Gasteiger partial charge < -0.3 is 15.5 Å². The number of rotatable bonds is 3. The Morgan fingerprint density at radius 2 is 1.95 bits per heavy atom. The van der Waals surface area contributed by atoms with Gasteiger partial charge in [0.1, 0.15) is 5.66 Å². The summed E-state index contributed by atoms with van der Waals surface area (Å²) in [6, 6.07) is 6.06. The van der Waals surface area contributed by atoms with E-state index in [1.165, 1.54) is 6.42 Å². The molecule has 0 aromatic heterocycles. The van der Waals surface area contributed by atoms with E-state index in [0.29, 0.717) is 0 Å². The maximum Gasteiger partial charge on any atom is 0.255 e. The number of piperidine rings is 1. The Bertz CT molecular complexity index is 559. The third kappa shape index (κ3) is 3.12. The fourth-order valence-electron chi connectivity index (χ4n) is 3.38. The number of hydrogen-bond donors (Lipinski definition) is 2. The van der Waals surface area contributed by atoms with E-state index in [9.17, 15) is 4.79 Å². The van der Waals surface area contributed by atoms with Gasteiger partial charge in [-0.05, 0) is 37.9 Å². The number of likely N-dealkylation sites (tertiary alicyclic amines) is 1. The van der Waals surface area contributed by atoms with E-state index in [4.69, 9.17) is 0 Å². The third-order valence-electron chi connectivity index (χ3n) is 4.88. The van der Waals surface area contributed by atoms with Gasteiger partial charge >= 0.3 is 0 Å². The van der Waals surface area contributed by atoms with Gasteiger partial charge in [0.2, 0.25) is 0 Å². The highest BCUT2D eigenvalue weighted by Crippen LogP contribution is 2.31. The van der Waals surface area contributed by atoms with Crippen molar-refractivity contribution < 1.29 is 4.79 Å². The standard InChI is InChI=1S/C18H27N3O/c1-13(2)6-9-21-10-7-18(8-11-21)19-16-5-4-14(3)12-15(16)17(22)20-18/h4-5,12-13,19H,6-11H2,1-3H3,(H,20,22). The average Bonchev–Trinajstić information content (AvgIpc) is 2.48. The molecule has 2 aliphatic rings. The zero-order valence-corrected chi connectivity index (χ0v) is 13.9. The van der Waals surface area contributed by atoms with Crippen LogP contribution in [-0.2, 0) is 0 Å². The number of fused-ring (bicyclic) bond motifs is 1. The second-order valence-electron chi connectivity index (χ2n) is 7.23. The van der Waals surface area contributed by atoms with E-state index in [1.54, 1.807) is 0 Å². The van der Waals surface area contributed by atoms with Gasteiger partial charge in [-0.3, -0.25) is 4.79 Å². The first-order valence-corrected chi connectivity index (χ1v) is 8.41. The minimum atomic E-state index is -0.256. The highest BCUT2D eigenvalue weighted by atomic mass is 16.2. The predicted molar refractivity (Wildman–Crippen MR) is 90.1 cm³/mol. The Labute approximate surface area is 133 Å². The quantitative estimate of drug-likeness (QED) is 0.902. The van der Waals surface area contributed by atoms with E-state index in [1.807, 2.05) is 19.1 Å². The monoisotopic (exact) mass is 301 g/mol. The van der Waals surface area contributed by atoms with Crippen LogP contribution >= 0.6 is 0 Å². The first-order valence-electron chi connectivity index (χ1n) is 8.41. The van der Waals surface area contributed by atoms with Crippen LogP contribution in [0.4, 0.5) is 5.69 Å². The van der Waals surface area contributed by atoms with E-state index in [2.05, 4.69) is 35.4 Å². The van der Waals surface area contributed by atoms with Crippen molar-refractivity contribution in [2.75, 3.05) is 25.0 Å². The Morgan fingerprint density at radius 3 is 2.64 bits per heavy atom. The van der Waals surface area contributed by atoms with E-state index in [0.717, 1.165) is 55.2 Å². The molecular formula is C18H27N3O. The summed E-state index contributed by atoms with van der Waals surface area (Å²) in [5.41, 5.74) is 2.61. The molecule has 4 nitrogen and oxygen atoms in total. The maximum atomic E-state index is 12.4. The number of anilines is 1. The maximum absolute atomic E-state index is 12.4. The molecule has 0 radical (unpaired) electrons. The van der Waals surface area contributed by atoms with Gasteiger partial charge in [0.05, 0.1) is 5.56 Å². The van der Waals surface area contributed by atoms with Gasteiger partial charge in [-0.2, -0.15) is 0 Å². The number of carbonyl (C=O) groups is 1. The minimum absolute atomic E-state index is 0.0630. The molecule has 1 amide bonds. The molecule has 0 saturated carbocycles. The summed E-state index contributed by atoms with van der Waals surface area (Å²) < 4.78 is 0. The molecule has 2 N–H and O–H groups in total. The number of hydrogen-bond acceptors (Lipinski definition) is 3. The Kier molecular flexibility index (Phi) is 4.13. The molecule has 3 rings (SSSR count). The normalized spacial score (nSPS) is 20.6. The Hall–Kier alpha value is -1.55. The van der Waals surface area contributed by atoms with Crippen LogP contribution in [0.2, 0.25) is 0 Å². The molecule has 1 fully saturated rings. The minimum Gasteiger partial charge on any atom is -0.362 e. The van der Waals surface area contributed by atoms with Crippen molar-refractivity contribution in [2.24, 2.45) is 5.92 Å². The molecule has 2 heterocycles. The van der Waals surface area contributed by atoms with Crippen molar-refractivity contribution in [2.45, 2.75) is 45.7 Å². The van der Waals surface area contributed by atoms with Crippen LogP contribution in [0.5, 0.6) is 0 Å². The molecule has 0 bridgehead atoms. The van der Waals surface area contributed by atoms with E-state index in [-0.39, 0.29) is 11.6 Å². The van der Waals surface area contributed by atoms with Crippen molar-refractivity contribution in [3.05, 3.63) is 29.3 Å². The van der Waals surface area contributed by atoms with Crippen molar-refractivity contribution >= 4 is 11.6 Å². The van der Waals surface area contributed by atoms with Gasteiger partial charge in [-0.15, -0.1) is 0 Å². The van der Waals surface area contributed by atoms with Gasteiger partial charge in [-0.1, -0.05) is 25.5 Å². The number of benzene rings is 1. The SMILES string of the molecule is Cc1ccc2c(c1)C(=O)NC1(CCN(CCC(C)C)CC1)N2. The number of aryl methyl sites for hydroxylation is 1. The molecule has 1 aromatic rings. The lowest BCUT2D eigenvalue weighted by molar-refractivity contribution is 0.0825. The number of amides is 1. The van der Waals surface area contributed by atoms with Crippen LogP contribution in [0.25, 0.3) is 0 Å². The summed E-state index contributed by atoms with van der Waals surface area (Å²) in [4.78, 5) is 15.0. The van der Waals surface area contributed by atoms with Gasteiger partial charge in [0.25, 0.3) is 5.91 Å². The second-order valence-corrected chi connectivity index (χ2v) is 7.23. The summed E-state index contributed by atoms with van der Waals surface area (Å²) in [6.45, 7) is 9.81. The molecule has 1 saturated heterocycles.